The number of benzene rings is 2. The Morgan fingerprint density at radius 2 is 2.00 bits per heavy atom. The Kier molecular flexibility index (Phi) is 4.55. The summed E-state index contributed by atoms with van der Waals surface area (Å²) >= 11 is 3.39. The average Bonchev–Trinajstić information content (AvgIpc) is 2.38. The van der Waals surface area contributed by atoms with Crippen LogP contribution < -0.4 is 4.90 Å². The van der Waals surface area contributed by atoms with Gasteiger partial charge in [0.15, 0.2) is 0 Å². The van der Waals surface area contributed by atoms with Crippen molar-refractivity contribution in [3.63, 3.8) is 0 Å². The zero-order valence-electron chi connectivity index (χ0n) is 11.4. The minimum atomic E-state index is -0.348. The maximum Gasteiger partial charge on any atom is 0.258 e. The standard InChI is InChI=1S/C16H15BrFNO/c1-3-19(15-6-4-5-14(18)10-15)16(20)12-7-11(2)8-13(17)9-12/h4-10H,3H2,1-2H3. The maximum atomic E-state index is 13.3. The monoisotopic (exact) mass is 335 g/mol. The van der Waals surface area contributed by atoms with Crippen molar-refractivity contribution in [1.82, 2.24) is 0 Å². The lowest BCUT2D eigenvalue weighted by atomic mass is 10.1. The van der Waals surface area contributed by atoms with Crippen LogP contribution in [0.5, 0.6) is 0 Å². The molecule has 0 aliphatic heterocycles. The van der Waals surface area contributed by atoms with Gasteiger partial charge in [-0.05, 0) is 55.8 Å². The summed E-state index contributed by atoms with van der Waals surface area (Å²) in [6.45, 7) is 4.28. The number of aryl methyl sites for hydroxylation is 1. The number of anilines is 1. The van der Waals surface area contributed by atoms with E-state index in [1.54, 1.807) is 23.1 Å². The quantitative estimate of drug-likeness (QED) is 0.804. The fourth-order valence-corrected chi connectivity index (χ4v) is 2.71. The van der Waals surface area contributed by atoms with Gasteiger partial charge in [0.2, 0.25) is 0 Å². The van der Waals surface area contributed by atoms with Gasteiger partial charge in [0.1, 0.15) is 5.82 Å². The largest absolute Gasteiger partial charge is 0.309 e. The highest BCUT2D eigenvalue weighted by atomic mass is 79.9. The smallest absolute Gasteiger partial charge is 0.258 e. The van der Waals surface area contributed by atoms with Crippen LogP contribution in [-0.4, -0.2) is 12.5 Å². The van der Waals surface area contributed by atoms with Gasteiger partial charge < -0.3 is 4.90 Å². The van der Waals surface area contributed by atoms with Gasteiger partial charge in [-0.2, -0.15) is 0 Å². The van der Waals surface area contributed by atoms with Crippen molar-refractivity contribution >= 4 is 27.5 Å². The highest BCUT2D eigenvalue weighted by Gasteiger charge is 2.17. The van der Waals surface area contributed by atoms with E-state index in [1.807, 2.05) is 26.0 Å². The van der Waals surface area contributed by atoms with E-state index in [1.165, 1.54) is 12.1 Å². The minimum Gasteiger partial charge on any atom is -0.309 e. The predicted octanol–water partition coefficient (Wildman–Crippen LogP) is 4.56. The second kappa shape index (κ2) is 6.18. The molecule has 1 amide bonds. The van der Waals surface area contributed by atoms with Crippen LogP contribution in [0.4, 0.5) is 10.1 Å². The first-order valence-electron chi connectivity index (χ1n) is 6.36. The Labute approximate surface area is 126 Å². The third kappa shape index (κ3) is 3.25. The van der Waals surface area contributed by atoms with Crippen LogP contribution in [0.1, 0.15) is 22.8 Å². The Morgan fingerprint density at radius 3 is 2.60 bits per heavy atom. The lowest BCUT2D eigenvalue weighted by Gasteiger charge is -2.21. The van der Waals surface area contributed by atoms with Gasteiger partial charge in [-0.15, -0.1) is 0 Å². The second-order valence-electron chi connectivity index (χ2n) is 4.55. The fraction of sp³-hybridized carbons (Fsp3) is 0.188. The van der Waals surface area contributed by atoms with Crippen molar-refractivity contribution in [3.05, 3.63) is 63.9 Å². The van der Waals surface area contributed by atoms with E-state index in [0.717, 1.165) is 10.0 Å². The van der Waals surface area contributed by atoms with Crippen LogP contribution in [0.15, 0.2) is 46.9 Å². The number of amides is 1. The summed E-state index contributed by atoms with van der Waals surface area (Å²) < 4.78 is 14.2. The molecule has 0 aliphatic carbocycles. The molecule has 0 heterocycles. The average molecular weight is 336 g/mol. The van der Waals surface area contributed by atoms with Crippen LogP contribution in [0.2, 0.25) is 0 Å². The van der Waals surface area contributed by atoms with Crippen molar-refractivity contribution in [1.29, 1.82) is 0 Å². The molecule has 20 heavy (non-hydrogen) atoms. The molecule has 0 N–H and O–H groups in total. The Morgan fingerprint density at radius 1 is 1.25 bits per heavy atom. The van der Waals surface area contributed by atoms with E-state index < -0.39 is 0 Å². The molecule has 0 spiro atoms. The van der Waals surface area contributed by atoms with Crippen LogP contribution in [0.25, 0.3) is 0 Å². The van der Waals surface area contributed by atoms with E-state index in [2.05, 4.69) is 15.9 Å². The molecule has 0 atom stereocenters. The molecule has 2 nitrogen and oxygen atoms in total. The highest BCUT2D eigenvalue weighted by molar-refractivity contribution is 9.10. The number of carbonyl (C=O) groups is 1. The van der Waals surface area contributed by atoms with E-state index >= 15 is 0 Å². The van der Waals surface area contributed by atoms with Crippen LogP contribution >= 0.6 is 15.9 Å². The Hall–Kier alpha value is -1.68. The summed E-state index contributed by atoms with van der Waals surface area (Å²) in [6.07, 6.45) is 0. The molecule has 0 bridgehead atoms. The number of halogens is 2. The van der Waals surface area contributed by atoms with Gasteiger partial charge in [0, 0.05) is 22.3 Å². The summed E-state index contributed by atoms with van der Waals surface area (Å²) in [4.78, 5) is 14.1. The van der Waals surface area contributed by atoms with E-state index in [-0.39, 0.29) is 11.7 Å². The molecule has 0 saturated carbocycles. The maximum absolute atomic E-state index is 13.3. The molecular formula is C16H15BrFNO. The van der Waals surface area contributed by atoms with Crippen LogP contribution in [0, 0.1) is 12.7 Å². The van der Waals surface area contributed by atoms with Crippen LogP contribution in [-0.2, 0) is 0 Å². The highest BCUT2D eigenvalue weighted by Crippen LogP contribution is 2.21. The molecule has 2 aromatic carbocycles. The third-order valence-electron chi connectivity index (χ3n) is 2.97. The van der Waals surface area contributed by atoms with Crippen molar-refractivity contribution in [3.8, 4) is 0 Å². The molecule has 104 valence electrons. The number of nitrogens with zero attached hydrogens (tertiary/aromatic N) is 1. The summed E-state index contributed by atoms with van der Waals surface area (Å²) in [5.41, 5.74) is 2.15. The molecule has 2 rings (SSSR count). The van der Waals surface area contributed by atoms with Crippen molar-refractivity contribution in [2.45, 2.75) is 13.8 Å². The molecule has 4 heteroatoms. The number of carbonyl (C=O) groups excluding carboxylic acids is 1. The van der Waals surface area contributed by atoms with Crippen molar-refractivity contribution in [2.75, 3.05) is 11.4 Å². The molecular weight excluding hydrogens is 321 g/mol. The van der Waals surface area contributed by atoms with Crippen LogP contribution in [0.3, 0.4) is 0 Å². The van der Waals surface area contributed by atoms with Crippen molar-refractivity contribution < 1.29 is 9.18 Å². The van der Waals surface area contributed by atoms with Gasteiger partial charge >= 0.3 is 0 Å². The third-order valence-corrected chi connectivity index (χ3v) is 3.43. The summed E-state index contributed by atoms with van der Waals surface area (Å²) in [5.74, 6) is -0.485. The number of hydrogen-bond donors (Lipinski definition) is 0. The number of rotatable bonds is 3. The van der Waals surface area contributed by atoms with E-state index in [4.69, 9.17) is 0 Å². The number of hydrogen-bond acceptors (Lipinski definition) is 1. The molecule has 0 aliphatic rings. The molecule has 0 aromatic heterocycles. The molecule has 0 unspecified atom stereocenters. The molecule has 0 radical (unpaired) electrons. The van der Waals surface area contributed by atoms with E-state index in [9.17, 15) is 9.18 Å². The van der Waals surface area contributed by atoms with Gasteiger partial charge in [-0.25, -0.2) is 4.39 Å². The van der Waals surface area contributed by atoms with Gasteiger partial charge in [-0.1, -0.05) is 22.0 Å². The zero-order chi connectivity index (χ0) is 14.7. The van der Waals surface area contributed by atoms with Crippen molar-refractivity contribution in [2.24, 2.45) is 0 Å². The Bertz CT molecular complexity index is 622. The van der Waals surface area contributed by atoms with Gasteiger partial charge in [-0.3, -0.25) is 4.79 Å². The normalized spacial score (nSPS) is 10.4. The second-order valence-corrected chi connectivity index (χ2v) is 5.46. The minimum absolute atomic E-state index is 0.137. The molecule has 0 fully saturated rings. The lowest BCUT2D eigenvalue weighted by molar-refractivity contribution is 0.0988. The first-order valence-corrected chi connectivity index (χ1v) is 7.15. The summed E-state index contributed by atoms with van der Waals surface area (Å²) in [7, 11) is 0. The topological polar surface area (TPSA) is 20.3 Å². The summed E-state index contributed by atoms with van der Waals surface area (Å²) in [5, 5.41) is 0. The molecule has 0 saturated heterocycles. The summed E-state index contributed by atoms with van der Waals surface area (Å²) in [6, 6.07) is 11.6. The SMILES string of the molecule is CCN(C(=O)c1cc(C)cc(Br)c1)c1cccc(F)c1. The van der Waals surface area contributed by atoms with E-state index in [0.29, 0.717) is 17.8 Å². The first-order chi connectivity index (χ1) is 9.51. The van der Waals surface area contributed by atoms with Gasteiger partial charge in [0.25, 0.3) is 5.91 Å². The Balaban J connectivity index is 2.38. The zero-order valence-corrected chi connectivity index (χ0v) is 12.9. The lowest BCUT2D eigenvalue weighted by Crippen LogP contribution is -2.30. The first kappa shape index (κ1) is 14.7. The predicted molar refractivity (Wildman–Crippen MR) is 82.6 cm³/mol. The fourth-order valence-electron chi connectivity index (χ4n) is 2.10. The molecule has 2 aromatic rings. The van der Waals surface area contributed by atoms with Gasteiger partial charge in [0.05, 0.1) is 0 Å².